The molecule has 0 radical (unpaired) electrons. The molecule has 0 saturated carbocycles. The first-order valence-electron chi connectivity index (χ1n) is 5.01. The number of carbonyl (C=O) groups is 1. The van der Waals surface area contributed by atoms with E-state index in [0.29, 0.717) is 6.42 Å². The van der Waals surface area contributed by atoms with Crippen LogP contribution in [0, 0.1) is 0 Å². The highest BCUT2D eigenvalue weighted by Gasteiger charge is 2.24. The van der Waals surface area contributed by atoms with Gasteiger partial charge in [0, 0.05) is 19.5 Å². The number of methoxy groups -OCH3 is 1. The Labute approximate surface area is 107 Å². The monoisotopic (exact) mass is 282 g/mol. The van der Waals surface area contributed by atoms with Gasteiger partial charge in [-0.25, -0.2) is 12.7 Å². The lowest BCUT2D eigenvalue weighted by atomic mass is 10.2. The number of nitrogens with zero attached hydrogens (tertiary/aromatic N) is 1. The summed E-state index contributed by atoms with van der Waals surface area (Å²) in [5.41, 5.74) is 5.35. The van der Waals surface area contributed by atoms with E-state index in [9.17, 15) is 13.2 Å². The summed E-state index contributed by atoms with van der Waals surface area (Å²) in [5, 5.41) is 0. The first kappa shape index (κ1) is 16.3. The zero-order valence-corrected chi connectivity index (χ0v) is 11.8. The van der Waals surface area contributed by atoms with Crippen molar-refractivity contribution in [3.8, 4) is 0 Å². The number of esters is 1. The van der Waals surface area contributed by atoms with E-state index < -0.39 is 16.0 Å². The lowest BCUT2D eigenvalue weighted by Gasteiger charge is -2.23. The van der Waals surface area contributed by atoms with Gasteiger partial charge in [-0.3, -0.25) is 4.79 Å². The molecule has 0 aromatic rings. The molecule has 0 spiro atoms. The number of hydrogen-bond donors (Lipinski definition) is 1. The van der Waals surface area contributed by atoms with Crippen LogP contribution in [0.5, 0.6) is 0 Å². The van der Waals surface area contributed by atoms with E-state index in [1.54, 1.807) is 6.92 Å². The van der Waals surface area contributed by atoms with E-state index >= 15 is 0 Å². The zero-order valence-electron chi connectivity index (χ0n) is 10.2. The summed E-state index contributed by atoms with van der Waals surface area (Å²) < 4.78 is 29.2. The number of sulfonamides is 1. The third kappa shape index (κ3) is 5.94. The number of ether oxygens (including phenoxy) is 1. The molecular formula is C9H18N2O4S2. The maximum Gasteiger partial charge on any atom is 0.306 e. The van der Waals surface area contributed by atoms with Gasteiger partial charge >= 0.3 is 5.97 Å². The summed E-state index contributed by atoms with van der Waals surface area (Å²) in [6, 6.07) is -0.324. The first-order valence-corrected chi connectivity index (χ1v) is 7.03. The average Bonchev–Trinajstić information content (AvgIpc) is 2.23. The van der Waals surface area contributed by atoms with Crippen LogP contribution < -0.4 is 5.73 Å². The maximum atomic E-state index is 11.8. The molecule has 0 aliphatic heterocycles. The third-order valence-corrected chi connectivity index (χ3v) is 4.47. The third-order valence-electron chi connectivity index (χ3n) is 2.35. The molecule has 0 heterocycles. The average molecular weight is 282 g/mol. The van der Waals surface area contributed by atoms with Gasteiger partial charge in [-0.15, -0.1) is 0 Å². The predicted molar refractivity (Wildman–Crippen MR) is 69.0 cm³/mol. The number of hydrogen-bond acceptors (Lipinski definition) is 5. The highest BCUT2D eigenvalue weighted by molar-refractivity contribution is 7.89. The van der Waals surface area contributed by atoms with Crippen LogP contribution in [0.25, 0.3) is 0 Å². The number of rotatable bonds is 7. The Kier molecular flexibility index (Phi) is 6.58. The molecular weight excluding hydrogens is 264 g/mol. The van der Waals surface area contributed by atoms with Crippen molar-refractivity contribution in [2.24, 2.45) is 5.73 Å². The Morgan fingerprint density at radius 1 is 1.53 bits per heavy atom. The largest absolute Gasteiger partial charge is 0.469 e. The van der Waals surface area contributed by atoms with Crippen LogP contribution in [0.1, 0.15) is 19.8 Å². The van der Waals surface area contributed by atoms with Crippen molar-refractivity contribution >= 4 is 33.2 Å². The second-order valence-corrected chi connectivity index (χ2v) is 6.35. The predicted octanol–water partition coefficient (Wildman–Crippen LogP) is -0.124. The fraction of sp³-hybridized carbons (Fsp3) is 0.778. The molecule has 100 valence electrons. The Morgan fingerprint density at radius 2 is 2.06 bits per heavy atom. The maximum absolute atomic E-state index is 11.8. The van der Waals surface area contributed by atoms with Gasteiger partial charge in [0.05, 0.1) is 24.3 Å². The molecule has 0 rings (SSSR count). The summed E-state index contributed by atoms with van der Waals surface area (Å²) in [4.78, 5) is 11.1. The minimum absolute atomic E-state index is 0.164. The molecule has 0 aliphatic rings. The molecule has 0 aliphatic carbocycles. The molecule has 0 aromatic heterocycles. The molecule has 0 saturated heterocycles. The fourth-order valence-corrected chi connectivity index (χ4v) is 2.73. The van der Waals surface area contributed by atoms with Crippen LogP contribution >= 0.6 is 12.2 Å². The van der Waals surface area contributed by atoms with Crippen molar-refractivity contribution in [1.82, 2.24) is 4.31 Å². The van der Waals surface area contributed by atoms with Gasteiger partial charge in [-0.2, -0.15) is 0 Å². The molecule has 8 heteroatoms. The number of nitrogens with two attached hydrogens (primary N) is 1. The molecule has 0 bridgehead atoms. The summed E-state index contributed by atoms with van der Waals surface area (Å²) >= 11 is 4.72. The van der Waals surface area contributed by atoms with Crippen molar-refractivity contribution in [3.63, 3.8) is 0 Å². The second kappa shape index (κ2) is 6.87. The fourth-order valence-electron chi connectivity index (χ4n) is 1.15. The topological polar surface area (TPSA) is 89.7 Å². The van der Waals surface area contributed by atoms with Crippen LogP contribution in [0.2, 0.25) is 0 Å². The molecule has 1 atom stereocenters. The minimum Gasteiger partial charge on any atom is -0.469 e. The normalized spacial score (nSPS) is 13.4. The number of thiocarbonyl (C=S) groups is 1. The van der Waals surface area contributed by atoms with Crippen molar-refractivity contribution in [2.45, 2.75) is 25.8 Å². The number of carbonyl (C=O) groups excluding carboxylic acids is 1. The minimum atomic E-state index is -3.49. The van der Waals surface area contributed by atoms with Crippen LogP contribution in [0.3, 0.4) is 0 Å². The summed E-state index contributed by atoms with van der Waals surface area (Å²) in [7, 11) is -0.837. The van der Waals surface area contributed by atoms with E-state index in [0.717, 1.165) is 0 Å². The lowest BCUT2D eigenvalue weighted by Crippen LogP contribution is -2.39. The van der Waals surface area contributed by atoms with Crippen LogP contribution in [-0.2, 0) is 19.6 Å². The molecule has 0 fully saturated rings. The molecule has 0 aromatic carbocycles. The molecule has 0 amide bonds. The Balaban J connectivity index is 4.49. The van der Waals surface area contributed by atoms with Crippen LogP contribution in [0.4, 0.5) is 0 Å². The molecule has 6 nitrogen and oxygen atoms in total. The van der Waals surface area contributed by atoms with Gasteiger partial charge in [-0.05, 0) is 6.92 Å². The molecule has 2 N–H and O–H groups in total. The van der Waals surface area contributed by atoms with Gasteiger partial charge in [0.25, 0.3) is 0 Å². The van der Waals surface area contributed by atoms with Crippen molar-refractivity contribution in [2.75, 3.05) is 19.9 Å². The molecule has 1 unspecified atom stereocenters. The van der Waals surface area contributed by atoms with Gasteiger partial charge in [0.15, 0.2) is 0 Å². The van der Waals surface area contributed by atoms with Gasteiger partial charge in [-0.1, -0.05) is 12.2 Å². The van der Waals surface area contributed by atoms with E-state index in [1.165, 1.54) is 18.5 Å². The van der Waals surface area contributed by atoms with E-state index in [-0.39, 0.29) is 23.2 Å². The quantitative estimate of drug-likeness (QED) is 0.517. The van der Waals surface area contributed by atoms with E-state index in [2.05, 4.69) is 4.74 Å². The van der Waals surface area contributed by atoms with Gasteiger partial charge < -0.3 is 10.5 Å². The lowest BCUT2D eigenvalue weighted by molar-refractivity contribution is -0.140. The smallest absolute Gasteiger partial charge is 0.306 e. The molecule has 17 heavy (non-hydrogen) atoms. The zero-order chi connectivity index (χ0) is 13.6. The van der Waals surface area contributed by atoms with Gasteiger partial charge in [0.1, 0.15) is 0 Å². The Morgan fingerprint density at radius 3 is 2.47 bits per heavy atom. The van der Waals surface area contributed by atoms with Crippen LogP contribution in [-0.4, -0.2) is 49.6 Å². The SMILES string of the molecule is COC(=O)CCS(=O)(=O)N(C)C(C)CC(N)=S. The highest BCUT2D eigenvalue weighted by atomic mass is 32.2. The summed E-state index contributed by atoms with van der Waals surface area (Å²) in [6.07, 6.45) is 0.145. The Hall–Kier alpha value is -0.730. The van der Waals surface area contributed by atoms with Gasteiger partial charge in [0.2, 0.25) is 10.0 Å². The standard InChI is InChI=1S/C9H18N2O4S2/c1-7(6-8(10)16)11(2)17(13,14)5-4-9(12)15-3/h7H,4-6H2,1-3H3,(H2,10,16). The summed E-state index contributed by atoms with van der Waals surface area (Å²) in [6.45, 7) is 1.70. The first-order chi connectivity index (χ1) is 7.70. The van der Waals surface area contributed by atoms with E-state index in [4.69, 9.17) is 18.0 Å². The van der Waals surface area contributed by atoms with E-state index in [1.807, 2.05) is 0 Å². The van der Waals surface area contributed by atoms with Crippen molar-refractivity contribution in [1.29, 1.82) is 0 Å². The van der Waals surface area contributed by atoms with Crippen LogP contribution in [0.15, 0.2) is 0 Å². The van der Waals surface area contributed by atoms with Crippen molar-refractivity contribution < 1.29 is 17.9 Å². The Bertz CT molecular complexity index is 380. The van der Waals surface area contributed by atoms with Crippen molar-refractivity contribution in [3.05, 3.63) is 0 Å². The summed E-state index contributed by atoms with van der Waals surface area (Å²) in [5.74, 6) is -0.832. The second-order valence-electron chi connectivity index (χ2n) is 3.68. The highest BCUT2D eigenvalue weighted by Crippen LogP contribution is 2.09.